The average molecular weight is 417 g/mol. The highest BCUT2D eigenvalue weighted by molar-refractivity contribution is 7.80. The molecule has 0 unspecified atom stereocenters. The Morgan fingerprint density at radius 3 is 2.30 bits per heavy atom. The van der Waals surface area contributed by atoms with Gasteiger partial charge in [-0.3, -0.25) is 20.2 Å². The van der Waals surface area contributed by atoms with Crippen LogP contribution in [0.5, 0.6) is 5.75 Å². The van der Waals surface area contributed by atoms with E-state index in [1.165, 1.54) is 11.1 Å². The van der Waals surface area contributed by atoms with Gasteiger partial charge in [-0.1, -0.05) is 59.7 Å². The van der Waals surface area contributed by atoms with E-state index in [1.54, 1.807) is 6.08 Å². The minimum atomic E-state index is -0.531. The summed E-state index contributed by atoms with van der Waals surface area (Å²) in [6.07, 6.45) is 1.56. The third-order valence-corrected chi connectivity index (χ3v) is 5.04. The number of carbonyl (C=O) groups excluding carboxylic acids is 2. The van der Waals surface area contributed by atoms with Crippen molar-refractivity contribution in [2.24, 2.45) is 0 Å². The van der Waals surface area contributed by atoms with Crippen LogP contribution in [0.25, 0.3) is 16.8 Å². The van der Waals surface area contributed by atoms with Gasteiger partial charge in [0.15, 0.2) is 5.11 Å². The first-order valence-electron chi connectivity index (χ1n) is 9.51. The van der Waals surface area contributed by atoms with Gasteiger partial charge in [-0.2, -0.15) is 0 Å². The summed E-state index contributed by atoms with van der Waals surface area (Å²) in [4.78, 5) is 24.7. The normalized spacial score (nSPS) is 13.8. The number of thiocarbonyl (C=S) groups is 1. The molecule has 150 valence electrons. The van der Waals surface area contributed by atoms with Crippen LogP contribution in [-0.4, -0.2) is 16.9 Å². The van der Waals surface area contributed by atoms with E-state index in [0.29, 0.717) is 17.9 Å². The van der Waals surface area contributed by atoms with Crippen LogP contribution in [0, 0.1) is 13.8 Å². The highest BCUT2D eigenvalue weighted by Gasteiger charge is 2.26. The topological polar surface area (TPSA) is 67.4 Å². The maximum atomic E-state index is 12.4. The maximum Gasteiger partial charge on any atom is 0.263 e. The predicted octanol–water partition coefficient (Wildman–Crippen LogP) is 3.95. The zero-order valence-corrected chi connectivity index (χ0v) is 17.4. The van der Waals surface area contributed by atoms with Crippen molar-refractivity contribution in [3.8, 4) is 5.75 Å². The highest BCUT2D eigenvalue weighted by atomic mass is 32.1. The van der Waals surface area contributed by atoms with E-state index in [2.05, 4.69) is 28.8 Å². The Balaban J connectivity index is 1.77. The van der Waals surface area contributed by atoms with Crippen molar-refractivity contribution < 1.29 is 14.3 Å². The average Bonchev–Trinajstić information content (AvgIpc) is 2.68. The summed E-state index contributed by atoms with van der Waals surface area (Å²) < 4.78 is 6.14. The zero-order valence-electron chi connectivity index (χ0n) is 16.6. The Morgan fingerprint density at radius 1 is 0.933 bits per heavy atom. The van der Waals surface area contributed by atoms with Crippen molar-refractivity contribution in [2.75, 3.05) is 0 Å². The van der Waals surface area contributed by atoms with Gasteiger partial charge in [0.1, 0.15) is 17.9 Å². The van der Waals surface area contributed by atoms with E-state index in [0.717, 1.165) is 16.3 Å². The summed E-state index contributed by atoms with van der Waals surface area (Å²) >= 11 is 4.88. The number of aryl methyl sites for hydroxylation is 2. The fourth-order valence-corrected chi connectivity index (χ4v) is 3.80. The zero-order chi connectivity index (χ0) is 21.3. The third kappa shape index (κ3) is 4.09. The minimum absolute atomic E-state index is 0.00589. The quantitative estimate of drug-likeness (QED) is 0.384. The number of fused-ring (bicyclic) bond motifs is 1. The molecule has 1 saturated heterocycles. The first kappa shape index (κ1) is 19.8. The summed E-state index contributed by atoms with van der Waals surface area (Å²) in [5, 5.41) is 6.81. The van der Waals surface area contributed by atoms with Gasteiger partial charge in [0.25, 0.3) is 11.8 Å². The Morgan fingerprint density at radius 2 is 1.60 bits per heavy atom. The van der Waals surface area contributed by atoms with Gasteiger partial charge in [0.05, 0.1) is 0 Å². The molecule has 0 spiro atoms. The number of rotatable bonds is 4. The number of hydrogen-bond donors (Lipinski definition) is 2. The number of nitrogens with one attached hydrogen (secondary N) is 2. The van der Waals surface area contributed by atoms with Crippen LogP contribution in [0.2, 0.25) is 0 Å². The van der Waals surface area contributed by atoms with E-state index >= 15 is 0 Å². The Hall–Kier alpha value is -3.51. The third-order valence-electron chi connectivity index (χ3n) is 4.84. The summed E-state index contributed by atoms with van der Waals surface area (Å²) in [7, 11) is 0. The van der Waals surface area contributed by atoms with Crippen LogP contribution in [0.4, 0.5) is 0 Å². The molecule has 2 N–H and O–H groups in total. The number of amides is 2. The number of ether oxygens (including phenoxy) is 1. The van der Waals surface area contributed by atoms with Gasteiger partial charge in [-0.05, 0) is 54.5 Å². The second-order valence-electron chi connectivity index (χ2n) is 7.28. The lowest BCUT2D eigenvalue weighted by Gasteiger charge is -2.18. The van der Waals surface area contributed by atoms with Crippen LogP contribution in [0.15, 0.2) is 60.2 Å². The molecule has 1 aliphatic heterocycles. The summed E-state index contributed by atoms with van der Waals surface area (Å²) in [5.74, 6) is -0.469. The highest BCUT2D eigenvalue weighted by Crippen LogP contribution is 2.31. The van der Waals surface area contributed by atoms with Crippen LogP contribution in [0.3, 0.4) is 0 Å². The molecule has 0 saturated carbocycles. The molecule has 0 radical (unpaired) electrons. The van der Waals surface area contributed by atoms with Crippen molar-refractivity contribution in [1.29, 1.82) is 0 Å². The van der Waals surface area contributed by atoms with Crippen LogP contribution < -0.4 is 15.4 Å². The Labute approximate surface area is 179 Å². The second-order valence-corrected chi connectivity index (χ2v) is 7.69. The molecule has 6 heteroatoms. The lowest BCUT2D eigenvalue weighted by Crippen LogP contribution is -2.51. The van der Waals surface area contributed by atoms with Crippen LogP contribution in [0.1, 0.15) is 22.3 Å². The molecule has 2 amide bonds. The second kappa shape index (κ2) is 8.08. The molecule has 1 heterocycles. The lowest BCUT2D eigenvalue weighted by molar-refractivity contribution is -0.123. The molecule has 5 nitrogen and oxygen atoms in total. The van der Waals surface area contributed by atoms with Gasteiger partial charge in [-0.15, -0.1) is 0 Å². The molecule has 1 fully saturated rings. The standard InChI is InChI=1S/C24H20N2O3S/c1-14-9-15(2)11-16(10-14)13-29-21-8-7-17-5-3-4-6-18(17)19(21)12-20-22(27)25-24(30)26-23(20)28/h3-12H,13H2,1-2H3,(H2,25,26,27,28,30). The number of benzene rings is 3. The van der Waals surface area contributed by atoms with Crippen LogP contribution >= 0.6 is 12.2 Å². The first-order chi connectivity index (χ1) is 14.4. The van der Waals surface area contributed by atoms with Gasteiger partial charge < -0.3 is 4.74 Å². The van der Waals surface area contributed by atoms with E-state index in [1.807, 2.05) is 50.2 Å². The fourth-order valence-electron chi connectivity index (χ4n) is 3.61. The van der Waals surface area contributed by atoms with Gasteiger partial charge in [0.2, 0.25) is 0 Å². The lowest BCUT2D eigenvalue weighted by atomic mass is 10.00. The Kier molecular flexibility index (Phi) is 5.33. The largest absolute Gasteiger partial charge is 0.488 e. The molecule has 0 aromatic heterocycles. The molecule has 0 atom stereocenters. The monoisotopic (exact) mass is 416 g/mol. The molecule has 3 aromatic rings. The number of hydrogen-bond acceptors (Lipinski definition) is 4. The number of carbonyl (C=O) groups is 2. The van der Waals surface area contributed by atoms with E-state index < -0.39 is 11.8 Å². The maximum absolute atomic E-state index is 12.4. The van der Waals surface area contributed by atoms with E-state index in [-0.39, 0.29) is 10.7 Å². The first-order valence-corrected chi connectivity index (χ1v) is 9.91. The molecule has 4 rings (SSSR count). The van der Waals surface area contributed by atoms with Crippen molar-refractivity contribution in [3.63, 3.8) is 0 Å². The predicted molar refractivity (Wildman–Crippen MR) is 121 cm³/mol. The smallest absolute Gasteiger partial charge is 0.263 e. The SMILES string of the molecule is Cc1cc(C)cc(COc2ccc3ccccc3c2C=C2C(=O)NC(=S)NC2=O)c1. The molecule has 3 aromatic carbocycles. The molecule has 0 aliphatic carbocycles. The molecule has 30 heavy (non-hydrogen) atoms. The molecular formula is C24H20N2O3S. The summed E-state index contributed by atoms with van der Waals surface area (Å²) in [5.41, 5.74) is 4.04. The van der Waals surface area contributed by atoms with Crippen LogP contribution in [-0.2, 0) is 16.2 Å². The summed E-state index contributed by atoms with van der Waals surface area (Å²) in [6.45, 7) is 4.47. The van der Waals surface area contributed by atoms with E-state index in [9.17, 15) is 9.59 Å². The summed E-state index contributed by atoms with van der Waals surface area (Å²) in [6, 6.07) is 17.9. The fraction of sp³-hybridized carbons (Fsp3) is 0.125. The molecular weight excluding hydrogens is 396 g/mol. The van der Waals surface area contributed by atoms with Crippen molar-refractivity contribution in [1.82, 2.24) is 10.6 Å². The van der Waals surface area contributed by atoms with Crippen molar-refractivity contribution in [3.05, 3.63) is 82.4 Å². The Bertz CT molecular complexity index is 1190. The van der Waals surface area contributed by atoms with Crippen molar-refractivity contribution >= 4 is 46.0 Å². The molecule has 0 bridgehead atoms. The van der Waals surface area contributed by atoms with Gasteiger partial charge >= 0.3 is 0 Å². The van der Waals surface area contributed by atoms with E-state index in [4.69, 9.17) is 17.0 Å². The van der Waals surface area contributed by atoms with Gasteiger partial charge in [0, 0.05) is 5.56 Å². The van der Waals surface area contributed by atoms with Crippen molar-refractivity contribution in [2.45, 2.75) is 20.5 Å². The van der Waals surface area contributed by atoms with Gasteiger partial charge in [-0.25, -0.2) is 0 Å². The minimum Gasteiger partial charge on any atom is -0.488 e. The molecule has 1 aliphatic rings.